The smallest absolute Gasteiger partial charge is 0.416 e. The molecule has 6 nitrogen and oxygen atoms in total. The van der Waals surface area contributed by atoms with E-state index in [0.29, 0.717) is 49.0 Å². The molecule has 2 atom stereocenters. The predicted molar refractivity (Wildman–Crippen MR) is 143 cm³/mol. The van der Waals surface area contributed by atoms with Gasteiger partial charge in [-0.05, 0) is 55.3 Å². The van der Waals surface area contributed by atoms with Gasteiger partial charge in [0.2, 0.25) is 5.91 Å². The zero-order valence-corrected chi connectivity index (χ0v) is 22.0. The molecule has 0 aromatic heterocycles. The van der Waals surface area contributed by atoms with Gasteiger partial charge in [-0.3, -0.25) is 4.79 Å². The van der Waals surface area contributed by atoms with E-state index in [4.69, 9.17) is 14.5 Å². The van der Waals surface area contributed by atoms with Crippen molar-refractivity contribution in [2.75, 3.05) is 26.7 Å². The number of benzene rings is 3. The van der Waals surface area contributed by atoms with E-state index in [2.05, 4.69) is 0 Å². The van der Waals surface area contributed by atoms with Gasteiger partial charge in [-0.2, -0.15) is 13.2 Å². The number of nitrogens with zero attached hydrogens (tertiary/aromatic N) is 3. The van der Waals surface area contributed by atoms with Crippen molar-refractivity contribution in [1.82, 2.24) is 9.80 Å². The fourth-order valence-electron chi connectivity index (χ4n) is 5.22. The number of piperazine rings is 1. The maximum absolute atomic E-state index is 13.6. The maximum atomic E-state index is 13.6. The number of amides is 1. The standard InChI is InChI=1S/C30H30F3N3O3/c1-4-23(20-8-6-5-7-9-20)29(37)36-15-14-35(18-19(36)2)28-24-17-22(38-3)11-13-26(24)39-27-12-10-21(30(31,32)33)16-25(27)34-28/h5-13,16-17,19,23H,4,14-15,18H2,1-3H3/t19-,23+/m1/s1. The van der Waals surface area contributed by atoms with E-state index in [-0.39, 0.29) is 29.3 Å². The molecule has 2 aliphatic rings. The molecule has 1 amide bonds. The van der Waals surface area contributed by atoms with Crippen molar-refractivity contribution in [2.45, 2.75) is 38.4 Å². The molecule has 9 heteroatoms. The maximum Gasteiger partial charge on any atom is 0.416 e. The lowest BCUT2D eigenvalue weighted by molar-refractivity contribution is -0.138. The fraction of sp³-hybridized carbons (Fsp3) is 0.333. The number of fused-ring (bicyclic) bond motifs is 2. The van der Waals surface area contributed by atoms with Crippen LogP contribution in [0.15, 0.2) is 71.7 Å². The summed E-state index contributed by atoms with van der Waals surface area (Å²) < 4.78 is 52.0. The van der Waals surface area contributed by atoms with Crippen molar-refractivity contribution in [1.29, 1.82) is 0 Å². The number of carbonyl (C=O) groups is 1. The lowest BCUT2D eigenvalue weighted by atomic mass is 9.94. The molecule has 0 N–H and O–H groups in total. The van der Waals surface area contributed by atoms with Gasteiger partial charge in [0, 0.05) is 25.7 Å². The van der Waals surface area contributed by atoms with Crippen LogP contribution in [-0.2, 0) is 11.0 Å². The molecule has 39 heavy (non-hydrogen) atoms. The Morgan fingerprint density at radius 1 is 1.08 bits per heavy atom. The van der Waals surface area contributed by atoms with Crippen molar-refractivity contribution in [3.63, 3.8) is 0 Å². The Bertz CT molecular complexity index is 1390. The van der Waals surface area contributed by atoms with E-state index in [1.54, 1.807) is 25.3 Å². The van der Waals surface area contributed by atoms with E-state index in [1.807, 2.05) is 54.0 Å². The molecule has 0 bridgehead atoms. The summed E-state index contributed by atoms with van der Waals surface area (Å²) in [6, 6.07) is 18.1. The van der Waals surface area contributed by atoms with E-state index in [1.165, 1.54) is 6.07 Å². The minimum Gasteiger partial charge on any atom is -0.497 e. The van der Waals surface area contributed by atoms with Crippen molar-refractivity contribution in [3.8, 4) is 17.2 Å². The molecule has 0 saturated carbocycles. The fourth-order valence-corrected chi connectivity index (χ4v) is 5.22. The Balaban J connectivity index is 1.48. The highest BCUT2D eigenvalue weighted by Crippen LogP contribution is 2.42. The summed E-state index contributed by atoms with van der Waals surface area (Å²) in [5, 5.41) is 0. The molecule has 5 rings (SSSR count). The van der Waals surface area contributed by atoms with Crippen LogP contribution in [0.25, 0.3) is 0 Å². The first-order valence-corrected chi connectivity index (χ1v) is 13.0. The Morgan fingerprint density at radius 2 is 1.82 bits per heavy atom. The summed E-state index contributed by atoms with van der Waals surface area (Å²) in [7, 11) is 1.55. The molecular formula is C30H30F3N3O3. The number of methoxy groups -OCH3 is 1. The Labute approximate surface area is 225 Å². The summed E-state index contributed by atoms with van der Waals surface area (Å²) >= 11 is 0. The molecule has 0 spiro atoms. The van der Waals surface area contributed by atoms with Gasteiger partial charge in [-0.15, -0.1) is 0 Å². The minimum atomic E-state index is -4.51. The second-order valence-electron chi connectivity index (χ2n) is 9.78. The number of carbonyl (C=O) groups excluding carboxylic acids is 1. The van der Waals surface area contributed by atoms with Crippen molar-refractivity contribution < 1.29 is 27.4 Å². The van der Waals surface area contributed by atoms with E-state index in [9.17, 15) is 18.0 Å². The summed E-state index contributed by atoms with van der Waals surface area (Å²) in [5.41, 5.74) is 0.896. The molecule has 2 aliphatic heterocycles. The quantitative estimate of drug-likeness (QED) is 0.375. The molecule has 0 unspecified atom stereocenters. The van der Waals surface area contributed by atoms with Gasteiger partial charge >= 0.3 is 6.18 Å². The van der Waals surface area contributed by atoms with E-state index in [0.717, 1.165) is 17.7 Å². The first-order valence-electron chi connectivity index (χ1n) is 13.0. The minimum absolute atomic E-state index is 0.0734. The van der Waals surface area contributed by atoms with Crippen molar-refractivity contribution >= 4 is 17.4 Å². The van der Waals surface area contributed by atoms with Gasteiger partial charge in [0.05, 0.1) is 24.2 Å². The van der Waals surface area contributed by atoms with E-state index < -0.39 is 11.7 Å². The first kappa shape index (κ1) is 26.6. The third kappa shape index (κ3) is 5.30. The number of amidine groups is 1. The van der Waals surface area contributed by atoms with Crippen LogP contribution in [0.1, 0.15) is 42.9 Å². The summed E-state index contributed by atoms with van der Waals surface area (Å²) in [4.78, 5) is 22.2. The van der Waals surface area contributed by atoms with Crippen LogP contribution in [-0.4, -0.2) is 54.3 Å². The summed E-state index contributed by atoms with van der Waals surface area (Å²) in [6.07, 6.45) is -3.83. The Kier molecular flexibility index (Phi) is 7.25. The van der Waals surface area contributed by atoms with Gasteiger partial charge in [-0.25, -0.2) is 4.99 Å². The van der Waals surface area contributed by atoms with Crippen molar-refractivity contribution in [3.05, 3.63) is 83.4 Å². The number of aliphatic imine (C=N–C) groups is 1. The van der Waals surface area contributed by atoms with Crippen LogP contribution in [0.5, 0.6) is 17.2 Å². The topological polar surface area (TPSA) is 54.4 Å². The zero-order chi connectivity index (χ0) is 27.7. The van der Waals surface area contributed by atoms with Crippen LogP contribution in [0.2, 0.25) is 0 Å². The molecule has 2 heterocycles. The third-order valence-electron chi connectivity index (χ3n) is 7.28. The van der Waals surface area contributed by atoms with Crippen LogP contribution < -0.4 is 9.47 Å². The molecule has 3 aromatic carbocycles. The third-order valence-corrected chi connectivity index (χ3v) is 7.28. The van der Waals surface area contributed by atoms with Crippen LogP contribution in [0, 0.1) is 0 Å². The van der Waals surface area contributed by atoms with Crippen molar-refractivity contribution in [2.24, 2.45) is 4.99 Å². The molecule has 0 radical (unpaired) electrons. The van der Waals surface area contributed by atoms with Gasteiger partial charge < -0.3 is 19.3 Å². The zero-order valence-electron chi connectivity index (χ0n) is 22.0. The highest BCUT2D eigenvalue weighted by atomic mass is 19.4. The summed E-state index contributed by atoms with van der Waals surface area (Å²) in [5.74, 6) is 1.60. The normalized spacial score (nSPS) is 17.8. The monoisotopic (exact) mass is 537 g/mol. The predicted octanol–water partition coefficient (Wildman–Crippen LogP) is 6.62. The first-order chi connectivity index (χ1) is 18.7. The molecule has 1 fully saturated rings. The highest BCUT2D eigenvalue weighted by molar-refractivity contribution is 6.04. The average molecular weight is 538 g/mol. The lowest BCUT2D eigenvalue weighted by Gasteiger charge is -2.42. The van der Waals surface area contributed by atoms with Gasteiger partial charge in [0.1, 0.15) is 23.0 Å². The Morgan fingerprint density at radius 3 is 2.49 bits per heavy atom. The molecular weight excluding hydrogens is 507 g/mol. The number of hydrogen-bond acceptors (Lipinski definition) is 5. The van der Waals surface area contributed by atoms with E-state index >= 15 is 0 Å². The molecule has 1 saturated heterocycles. The number of ether oxygens (including phenoxy) is 2. The highest BCUT2D eigenvalue weighted by Gasteiger charge is 2.36. The number of alkyl halides is 3. The Hall–Kier alpha value is -4.01. The van der Waals surface area contributed by atoms with Crippen LogP contribution >= 0.6 is 0 Å². The number of hydrogen-bond donors (Lipinski definition) is 0. The molecule has 204 valence electrons. The average Bonchev–Trinajstić information content (AvgIpc) is 3.09. The SMILES string of the molecule is CC[C@H](C(=O)N1CCN(C2=Nc3cc(C(F)(F)F)ccc3Oc3ccc(OC)cc32)C[C@H]1C)c1ccccc1. The van der Waals surface area contributed by atoms with Gasteiger partial charge in [0.15, 0.2) is 5.75 Å². The second-order valence-corrected chi connectivity index (χ2v) is 9.78. The molecule has 0 aliphatic carbocycles. The number of rotatable bonds is 4. The largest absolute Gasteiger partial charge is 0.497 e. The van der Waals surface area contributed by atoms with Crippen LogP contribution in [0.4, 0.5) is 18.9 Å². The van der Waals surface area contributed by atoms with Gasteiger partial charge in [0.25, 0.3) is 0 Å². The lowest BCUT2D eigenvalue weighted by Crippen LogP contribution is -2.56. The van der Waals surface area contributed by atoms with Crippen LogP contribution in [0.3, 0.4) is 0 Å². The number of halogens is 3. The second kappa shape index (κ2) is 10.6. The van der Waals surface area contributed by atoms with Gasteiger partial charge in [-0.1, -0.05) is 37.3 Å². The molecule has 3 aromatic rings. The summed E-state index contributed by atoms with van der Waals surface area (Å²) in [6.45, 7) is 5.37.